The predicted octanol–water partition coefficient (Wildman–Crippen LogP) is 2.68. The fourth-order valence-corrected chi connectivity index (χ4v) is 3.21. The largest absolute Gasteiger partial charge is 0.508 e. The molecule has 1 amide bonds. The van der Waals surface area contributed by atoms with Crippen molar-refractivity contribution in [1.82, 2.24) is 20.1 Å². The molecule has 27 heavy (non-hydrogen) atoms. The fourth-order valence-electron chi connectivity index (χ4n) is 3.21. The van der Waals surface area contributed by atoms with Gasteiger partial charge in [-0.2, -0.15) is 0 Å². The Morgan fingerprint density at radius 1 is 1.15 bits per heavy atom. The molecular weight excluding hydrogens is 344 g/mol. The van der Waals surface area contributed by atoms with Crippen molar-refractivity contribution in [3.8, 4) is 22.6 Å². The van der Waals surface area contributed by atoms with E-state index in [0.29, 0.717) is 19.6 Å². The molecule has 138 valence electrons. The molecule has 7 heteroatoms. The topological polar surface area (TPSA) is 89.3 Å². The van der Waals surface area contributed by atoms with Crippen LogP contribution in [0.3, 0.4) is 0 Å². The summed E-state index contributed by atoms with van der Waals surface area (Å²) < 4.78 is 7.53. The Balaban J connectivity index is 1.50. The quantitative estimate of drug-likeness (QED) is 0.727. The molecule has 0 spiro atoms. The van der Waals surface area contributed by atoms with Crippen molar-refractivity contribution in [2.24, 2.45) is 0 Å². The van der Waals surface area contributed by atoms with E-state index in [4.69, 9.17) is 4.74 Å². The summed E-state index contributed by atoms with van der Waals surface area (Å²) in [5.41, 5.74) is 2.99. The minimum atomic E-state index is -0.0840. The number of rotatable bonds is 5. The third-order valence-electron chi connectivity index (χ3n) is 4.65. The molecule has 1 aliphatic rings. The molecule has 2 aromatic carbocycles. The maximum absolute atomic E-state index is 12.4. The number of amides is 1. The Morgan fingerprint density at radius 3 is 2.67 bits per heavy atom. The summed E-state index contributed by atoms with van der Waals surface area (Å²) in [7, 11) is 0. The minimum Gasteiger partial charge on any atom is -0.508 e. The molecule has 0 fully saturated rings. The molecule has 2 heterocycles. The third kappa shape index (κ3) is 3.92. The second kappa shape index (κ2) is 7.49. The van der Waals surface area contributed by atoms with Gasteiger partial charge in [0.25, 0.3) is 0 Å². The standard InChI is InChI=1S/C20H20N4O3/c25-16-4-1-14(2-5-16)15-3-6-19-17(11-15)18(8-10-27-19)23-20(26)7-9-24-12-21-22-13-24/h1-6,11-13,18,25H,7-10H2,(H,23,26). The number of aromatic hydroxyl groups is 1. The van der Waals surface area contributed by atoms with E-state index in [2.05, 4.69) is 15.5 Å². The Morgan fingerprint density at radius 2 is 1.89 bits per heavy atom. The van der Waals surface area contributed by atoms with Crippen molar-refractivity contribution in [1.29, 1.82) is 0 Å². The van der Waals surface area contributed by atoms with Gasteiger partial charge in [0.2, 0.25) is 5.91 Å². The summed E-state index contributed by atoms with van der Waals surface area (Å²) in [5.74, 6) is 1.02. The van der Waals surface area contributed by atoms with Gasteiger partial charge in [0.05, 0.1) is 12.6 Å². The second-order valence-corrected chi connectivity index (χ2v) is 6.51. The lowest BCUT2D eigenvalue weighted by molar-refractivity contribution is -0.122. The highest BCUT2D eigenvalue weighted by Crippen LogP contribution is 2.35. The summed E-state index contributed by atoms with van der Waals surface area (Å²) >= 11 is 0. The summed E-state index contributed by atoms with van der Waals surface area (Å²) in [6, 6.07) is 12.9. The molecule has 0 bridgehead atoms. The Labute approximate surface area is 156 Å². The number of aryl methyl sites for hydroxylation is 1. The number of phenols is 1. The van der Waals surface area contributed by atoms with Gasteiger partial charge in [-0.1, -0.05) is 18.2 Å². The highest BCUT2D eigenvalue weighted by Gasteiger charge is 2.23. The van der Waals surface area contributed by atoms with E-state index >= 15 is 0 Å². The van der Waals surface area contributed by atoms with Crippen molar-refractivity contribution in [3.63, 3.8) is 0 Å². The molecular formula is C20H20N4O3. The maximum Gasteiger partial charge on any atom is 0.222 e. The number of fused-ring (bicyclic) bond motifs is 1. The van der Waals surface area contributed by atoms with E-state index in [9.17, 15) is 9.90 Å². The second-order valence-electron chi connectivity index (χ2n) is 6.51. The number of nitrogens with one attached hydrogen (secondary N) is 1. The number of aromatic nitrogens is 3. The normalized spacial score (nSPS) is 15.6. The molecule has 2 N–H and O–H groups in total. The molecule has 3 aromatic rings. The Kier molecular flexibility index (Phi) is 4.74. The summed E-state index contributed by atoms with van der Waals surface area (Å²) in [5, 5.41) is 20.1. The van der Waals surface area contributed by atoms with Crippen LogP contribution in [0.1, 0.15) is 24.4 Å². The number of ether oxygens (including phenoxy) is 1. The molecule has 0 saturated carbocycles. The first-order valence-corrected chi connectivity index (χ1v) is 8.87. The van der Waals surface area contributed by atoms with Crippen LogP contribution in [-0.4, -0.2) is 32.4 Å². The smallest absolute Gasteiger partial charge is 0.222 e. The van der Waals surface area contributed by atoms with Crippen molar-refractivity contribution in [2.75, 3.05) is 6.61 Å². The van der Waals surface area contributed by atoms with Crippen LogP contribution in [0, 0.1) is 0 Å². The van der Waals surface area contributed by atoms with E-state index in [0.717, 1.165) is 28.9 Å². The lowest BCUT2D eigenvalue weighted by Crippen LogP contribution is -2.32. The van der Waals surface area contributed by atoms with Crippen molar-refractivity contribution in [2.45, 2.75) is 25.4 Å². The maximum atomic E-state index is 12.4. The summed E-state index contributed by atoms with van der Waals surface area (Å²) in [6.45, 7) is 1.12. The lowest BCUT2D eigenvalue weighted by Gasteiger charge is -2.27. The van der Waals surface area contributed by atoms with Gasteiger partial charge in [0, 0.05) is 24.9 Å². The average molecular weight is 364 g/mol. The molecule has 7 nitrogen and oxygen atoms in total. The van der Waals surface area contributed by atoms with Crippen LogP contribution in [-0.2, 0) is 11.3 Å². The Bertz CT molecular complexity index is 923. The minimum absolute atomic E-state index is 0.0170. The van der Waals surface area contributed by atoms with Gasteiger partial charge < -0.3 is 19.7 Å². The van der Waals surface area contributed by atoms with Crippen molar-refractivity contribution in [3.05, 3.63) is 60.7 Å². The third-order valence-corrected chi connectivity index (χ3v) is 4.65. The molecule has 1 aliphatic heterocycles. The first-order valence-electron chi connectivity index (χ1n) is 8.87. The van der Waals surface area contributed by atoms with E-state index in [1.54, 1.807) is 29.4 Å². The molecule has 1 atom stereocenters. The zero-order valence-corrected chi connectivity index (χ0v) is 14.7. The monoisotopic (exact) mass is 364 g/mol. The van der Waals surface area contributed by atoms with Crippen LogP contribution in [0.4, 0.5) is 0 Å². The highest BCUT2D eigenvalue weighted by molar-refractivity contribution is 5.77. The summed E-state index contributed by atoms with van der Waals surface area (Å²) in [6.07, 6.45) is 4.29. The van der Waals surface area contributed by atoms with Crippen molar-refractivity contribution < 1.29 is 14.6 Å². The van der Waals surface area contributed by atoms with Gasteiger partial charge >= 0.3 is 0 Å². The van der Waals surface area contributed by atoms with Crippen LogP contribution >= 0.6 is 0 Å². The summed E-state index contributed by atoms with van der Waals surface area (Å²) in [4.78, 5) is 12.4. The first-order chi connectivity index (χ1) is 13.2. The number of nitrogens with zero attached hydrogens (tertiary/aromatic N) is 3. The first kappa shape index (κ1) is 17.1. The fraction of sp³-hybridized carbons (Fsp3) is 0.250. The molecule has 1 unspecified atom stereocenters. The van der Waals surface area contributed by atoms with Crippen LogP contribution in [0.2, 0.25) is 0 Å². The van der Waals surface area contributed by atoms with Gasteiger partial charge in [0.1, 0.15) is 24.2 Å². The number of hydrogen-bond donors (Lipinski definition) is 2. The van der Waals surface area contributed by atoms with Crippen LogP contribution in [0.5, 0.6) is 11.5 Å². The van der Waals surface area contributed by atoms with E-state index in [-0.39, 0.29) is 17.7 Å². The number of hydrogen-bond acceptors (Lipinski definition) is 5. The van der Waals surface area contributed by atoms with Crippen LogP contribution in [0.15, 0.2) is 55.1 Å². The lowest BCUT2D eigenvalue weighted by atomic mass is 9.95. The molecule has 0 radical (unpaired) electrons. The van der Waals surface area contributed by atoms with Gasteiger partial charge in [0.15, 0.2) is 0 Å². The van der Waals surface area contributed by atoms with Gasteiger partial charge in [-0.3, -0.25) is 4.79 Å². The zero-order valence-electron chi connectivity index (χ0n) is 14.7. The molecule has 0 saturated heterocycles. The predicted molar refractivity (Wildman–Crippen MR) is 99.2 cm³/mol. The van der Waals surface area contributed by atoms with E-state index in [1.165, 1.54) is 0 Å². The van der Waals surface area contributed by atoms with Gasteiger partial charge in [-0.25, -0.2) is 0 Å². The number of phenolic OH excluding ortho intramolecular Hbond substituents is 1. The van der Waals surface area contributed by atoms with Crippen LogP contribution in [0.25, 0.3) is 11.1 Å². The van der Waals surface area contributed by atoms with Gasteiger partial charge in [-0.15, -0.1) is 10.2 Å². The zero-order chi connectivity index (χ0) is 18.6. The number of benzene rings is 2. The van der Waals surface area contributed by atoms with E-state index < -0.39 is 0 Å². The average Bonchev–Trinajstić information content (AvgIpc) is 3.21. The molecule has 1 aromatic heterocycles. The number of carbonyl (C=O) groups excluding carboxylic acids is 1. The Hall–Kier alpha value is -3.35. The van der Waals surface area contributed by atoms with Gasteiger partial charge in [-0.05, 0) is 35.4 Å². The highest BCUT2D eigenvalue weighted by atomic mass is 16.5. The van der Waals surface area contributed by atoms with Crippen molar-refractivity contribution >= 4 is 5.91 Å². The number of carbonyl (C=O) groups is 1. The SMILES string of the molecule is O=C(CCn1cnnc1)NC1CCOc2ccc(-c3ccc(O)cc3)cc21. The molecule has 4 rings (SSSR count). The van der Waals surface area contributed by atoms with Crippen LogP contribution < -0.4 is 10.1 Å². The molecule has 0 aliphatic carbocycles. The van der Waals surface area contributed by atoms with E-state index in [1.807, 2.05) is 30.3 Å².